The summed E-state index contributed by atoms with van der Waals surface area (Å²) in [4.78, 5) is 25.3. The topological polar surface area (TPSA) is 98.8 Å². The molecule has 0 N–H and O–H groups in total. The van der Waals surface area contributed by atoms with E-state index >= 15 is 0 Å². The van der Waals surface area contributed by atoms with Gasteiger partial charge < -0.3 is 9.15 Å². The lowest BCUT2D eigenvalue weighted by Crippen LogP contribution is -2.35. The fourth-order valence-electron chi connectivity index (χ4n) is 3.84. The molecule has 170 valence electrons. The highest BCUT2D eigenvalue weighted by Gasteiger charge is 2.27. The molecule has 2 heterocycles. The number of piperidine rings is 1. The first-order chi connectivity index (χ1) is 15.3. The van der Waals surface area contributed by atoms with Crippen molar-refractivity contribution in [1.29, 1.82) is 0 Å². The number of ether oxygens (including phenoxy) is 1. The molecule has 32 heavy (non-hydrogen) atoms. The van der Waals surface area contributed by atoms with Crippen LogP contribution in [0.5, 0.6) is 5.75 Å². The van der Waals surface area contributed by atoms with Gasteiger partial charge in [-0.2, -0.15) is 4.31 Å². The highest BCUT2D eigenvalue weighted by molar-refractivity contribution is 7.89. The van der Waals surface area contributed by atoms with Crippen molar-refractivity contribution in [2.45, 2.75) is 37.6 Å². The summed E-state index contributed by atoms with van der Waals surface area (Å²) in [6.07, 6.45) is 2.60. The monoisotopic (exact) mass is 462 g/mol. The number of aromatic nitrogens is 1. The van der Waals surface area contributed by atoms with Gasteiger partial charge in [0.15, 0.2) is 11.4 Å². The number of nitrogens with zero attached hydrogens (tertiary/aromatic N) is 2. The zero-order chi connectivity index (χ0) is 22.9. The predicted molar refractivity (Wildman–Crippen MR) is 115 cm³/mol. The second-order valence-corrected chi connectivity index (χ2v) is 9.48. The van der Waals surface area contributed by atoms with Gasteiger partial charge in [-0.05, 0) is 50.1 Å². The minimum atomic E-state index is -3.70. The van der Waals surface area contributed by atoms with Crippen LogP contribution >= 0.6 is 0 Å². The first-order valence-corrected chi connectivity index (χ1v) is 11.8. The van der Waals surface area contributed by atoms with Gasteiger partial charge in [-0.25, -0.2) is 17.6 Å². The van der Waals surface area contributed by atoms with Crippen LogP contribution in [0, 0.1) is 5.82 Å². The molecule has 0 amide bonds. The number of Topliss-reactive ketones (excluding diaryl/α,β-unsaturated/α-hetero) is 1. The summed E-state index contributed by atoms with van der Waals surface area (Å²) in [6.45, 7) is 2.52. The number of ketones is 1. The van der Waals surface area contributed by atoms with E-state index in [0.717, 1.165) is 29.9 Å². The molecule has 0 atom stereocenters. The zero-order valence-electron chi connectivity index (χ0n) is 17.5. The molecule has 3 aromatic rings. The molecular weight excluding hydrogens is 439 g/mol. The van der Waals surface area contributed by atoms with Crippen molar-refractivity contribution in [3.05, 3.63) is 58.3 Å². The van der Waals surface area contributed by atoms with Gasteiger partial charge in [0.2, 0.25) is 10.0 Å². The number of carbonyl (C=O) groups is 1. The average Bonchev–Trinajstić information content (AvgIpc) is 3.10. The Morgan fingerprint density at radius 1 is 1.12 bits per heavy atom. The summed E-state index contributed by atoms with van der Waals surface area (Å²) >= 11 is 0. The van der Waals surface area contributed by atoms with E-state index in [2.05, 4.69) is 0 Å². The number of carbonyl (C=O) groups excluding carboxylic acids is 1. The molecule has 1 aliphatic rings. The van der Waals surface area contributed by atoms with E-state index in [1.165, 1.54) is 34.6 Å². The van der Waals surface area contributed by atoms with Gasteiger partial charge in [0.05, 0.1) is 29.1 Å². The zero-order valence-corrected chi connectivity index (χ0v) is 18.4. The van der Waals surface area contributed by atoms with Gasteiger partial charge in [0.1, 0.15) is 11.6 Å². The third kappa shape index (κ3) is 4.20. The maximum absolute atomic E-state index is 13.7. The van der Waals surface area contributed by atoms with Gasteiger partial charge in [-0.3, -0.25) is 9.36 Å². The number of rotatable bonds is 7. The molecule has 1 fully saturated rings. The van der Waals surface area contributed by atoms with Gasteiger partial charge in [0, 0.05) is 19.2 Å². The number of sulfonamides is 1. The molecule has 8 nitrogen and oxygen atoms in total. The van der Waals surface area contributed by atoms with E-state index in [1.54, 1.807) is 6.92 Å². The van der Waals surface area contributed by atoms with Crippen molar-refractivity contribution >= 4 is 26.9 Å². The molecule has 1 aliphatic heterocycles. The molecule has 1 aromatic heterocycles. The predicted octanol–water partition coefficient (Wildman–Crippen LogP) is 3.19. The van der Waals surface area contributed by atoms with E-state index in [-0.39, 0.29) is 33.9 Å². The van der Waals surface area contributed by atoms with Crippen LogP contribution in [0.4, 0.5) is 4.39 Å². The number of hydrogen-bond acceptors (Lipinski definition) is 6. The van der Waals surface area contributed by atoms with Crippen LogP contribution in [-0.4, -0.2) is 42.8 Å². The van der Waals surface area contributed by atoms with Gasteiger partial charge in [0.25, 0.3) is 0 Å². The van der Waals surface area contributed by atoms with E-state index in [1.807, 2.05) is 0 Å². The summed E-state index contributed by atoms with van der Waals surface area (Å²) in [5.41, 5.74) is 0.345. The quantitative estimate of drug-likeness (QED) is 0.500. The van der Waals surface area contributed by atoms with Crippen LogP contribution in [0.1, 0.15) is 36.5 Å². The van der Waals surface area contributed by atoms with Crippen LogP contribution in [0.15, 0.2) is 50.5 Å². The fraction of sp³-hybridized carbons (Fsp3) is 0.364. The Bertz CT molecular complexity index is 1320. The summed E-state index contributed by atoms with van der Waals surface area (Å²) in [5, 5.41) is 0. The first kappa shape index (κ1) is 22.2. The maximum Gasteiger partial charge on any atom is 0.420 e. The fourth-order valence-corrected chi connectivity index (χ4v) is 5.37. The molecule has 0 radical (unpaired) electrons. The Kier molecular flexibility index (Phi) is 6.16. The number of oxazole rings is 1. The van der Waals surface area contributed by atoms with Crippen LogP contribution < -0.4 is 10.5 Å². The summed E-state index contributed by atoms with van der Waals surface area (Å²) in [6, 6.07) is 7.75. The lowest BCUT2D eigenvalue weighted by Gasteiger charge is -2.25. The van der Waals surface area contributed by atoms with Crippen molar-refractivity contribution in [3.63, 3.8) is 0 Å². The molecule has 0 unspecified atom stereocenters. The lowest BCUT2D eigenvalue weighted by molar-refractivity contribution is 0.0966. The highest BCUT2D eigenvalue weighted by Crippen LogP contribution is 2.25. The van der Waals surface area contributed by atoms with Gasteiger partial charge in [-0.1, -0.05) is 6.42 Å². The number of benzene rings is 2. The number of fused-ring (bicyclic) bond motifs is 1. The Balaban J connectivity index is 1.67. The van der Waals surface area contributed by atoms with Crippen molar-refractivity contribution in [3.8, 4) is 5.75 Å². The van der Waals surface area contributed by atoms with E-state index in [9.17, 15) is 22.4 Å². The summed E-state index contributed by atoms with van der Waals surface area (Å²) in [7, 11) is -3.70. The third-order valence-corrected chi connectivity index (χ3v) is 7.33. The maximum atomic E-state index is 13.7. The Morgan fingerprint density at radius 2 is 1.88 bits per heavy atom. The number of hydrogen-bond donors (Lipinski definition) is 0. The second-order valence-electron chi connectivity index (χ2n) is 7.55. The Morgan fingerprint density at radius 3 is 2.59 bits per heavy atom. The minimum Gasteiger partial charge on any atom is -0.493 e. The Labute approximate surface area is 184 Å². The largest absolute Gasteiger partial charge is 0.493 e. The normalized spacial score (nSPS) is 15.2. The van der Waals surface area contributed by atoms with E-state index in [0.29, 0.717) is 13.1 Å². The van der Waals surface area contributed by atoms with Crippen LogP contribution in [0.2, 0.25) is 0 Å². The molecule has 0 bridgehead atoms. The average molecular weight is 462 g/mol. The molecule has 10 heteroatoms. The van der Waals surface area contributed by atoms with Crippen molar-refractivity contribution < 1.29 is 26.8 Å². The van der Waals surface area contributed by atoms with Crippen molar-refractivity contribution in [2.24, 2.45) is 0 Å². The first-order valence-electron chi connectivity index (χ1n) is 10.4. The van der Waals surface area contributed by atoms with Crippen LogP contribution in [-0.2, 0) is 16.6 Å². The SMILES string of the molecule is CCOc1ccc(F)cc1C(=O)Cn1c(=O)oc2cc(S(=O)(=O)N3CCCCC3)ccc21. The molecule has 2 aromatic carbocycles. The van der Waals surface area contributed by atoms with Crippen molar-refractivity contribution in [2.75, 3.05) is 19.7 Å². The highest BCUT2D eigenvalue weighted by atomic mass is 32.2. The summed E-state index contributed by atoms with van der Waals surface area (Å²) in [5.74, 6) is -1.73. The van der Waals surface area contributed by atoms with Gasteiger partial charge >= 0.3 is 5.76 Å². The van der Waals surface area contributed by atoms with E-state index in [4.69, 9.17) is 9.15 Å². The third-order valence-electron chi connectivity index (χ3n) is 5.44. The summed E-state index contributed by atoms with van der Waals surface area (Å²) < 4.78 is 52.7. The standard InChI is InChI=1S/C22H23FN2O6S/c1-2-30-20-9-6-15(23)12-17(20)19(26)14-25-18-8-7-16(13-21(18)31-22(25)27)32(28,29)24-10-4-3-5-11-24/h6-9,12-13H,2-5,10-11,14H2,1H3. The molecule has 0 saturated carbocycles. The van der Waals surface area contributed by atoms with Crippen molar-refractivity contribution in [1.82, 2.24) is 8.87 Å². The number of halogens is 1. The van der Waals surface area contributed by atoms with Crippen LogP contribution in [0.3, 0.4) is 0 Å². The van der Waals surface area contributed by atoms with E-state index < -0.39 is 33.9 Å². The van der Waals surface area contributed by atoms with Gasteiger partial charge in [-0.15, -0.1) is 0 Å². The molecule has 4 rings (SSSR count). The smallest absolute Gasteiger partial charge is 0.420 e. The molecule has 0 spiro atoms. The minimum absolute atomic E-state index is 0.0115. The molecule has 0 aliphatic carbocycles. The van der Waals surface area contributed by atoms with Crippen LogP contribution in [0.25, 0.3) is 11.1 Å². The molecule has 1 saturated heterocycles. The second kappa shape index (κ2) is 8.87. The lowest BCUT2D eigenvalue weighted by atomic mass is 10.1. The molecular formula is C22H23FN2O6S. The Hall–Kier alpha value is -2.98.